The van der Waals surface area contributed by atoms with Gasteiger partial charge in [0.2, 0.25) is 5.89 Å². The maximum Gasteiger partial charge on any atom is 0.227 e. The summed E-state index contributed by atoms with van der Waals surface area (Å²) >= 11 is 0. The van der Waals surface area contributed by atoms with Gasteiger partial charge in [0.25, 0.3) is 0 Å². The van der Waals surface area contributed by atoms with E-state index in [9.17, 15) is 0 Å². The Hall–Kier alpha value is -6.39. The summed E-state index contributed by atoms with van der Waals surface area (Å²) < 4.78 is 12.8. The van der Waals surface area contributed by atoms with Gasteiger partial charge < -0.3 is 13.7 Å². The molecule has 0 aliphatic carbocycles. The van der Waals surface area contributed by atoms with E-state index in [1.165, 1.54) is 11.1 Å². The lowest BCUT2D eigenvalue weighted by atomic mass is 10.00. The van der Waals surface area contributed by atoms with Crippen LogP contribution in [0.25, 0.3) is 66.7 Å². The molecule has 47 heavy (non-hydrogen) atoms. The zero-order valence-corrected chi connectivity index (χ0v) is 25.4. The smallest absolute Gasteiger partial charge is 0.227 e. The molecule has 222 valence electrons. The largest absolute Gasteiger partial charge is 0.456 e. The van der Waals surface area contributed by atoms with E-state index in [1.54, 1.807) is 0 Å². The molecule has 0 saturated carbocycles. The van der Waals surface area contributed by atoms with Crippen molar-refractivity contribution in [3.05, 3.63) is 170 Å². The molecule has 0 amide bonds. The molecule has 2 aromatic heterocycles. The Bertz CT molecular complexity index is 2500. The molecular weight excluding hydrogens is 576 g/mol. The minimum atomic E-state index is 0.595. The third kappa shape index (κ3) is 4.84. The number of aromatic nitrogens is 1. The van der Waals surface area contributed by atoms with E-state index >= 15 is 0 Å². The zero-order chi connectivity index (χ0) is 31.2. The van der Waals surface area contributed by atoms with Gasteiger partial charge in [-0.25, -0.2) is 4.98 Å². The van der Waals surface area contributed by atoms with Gasteiger partial charge >= 0.3 is 0 Å². The lowest BCUT2D eigenvalue weighted by Gasteiger charge is -2.26. The van der Waals surface area contributed by atoms with Crippen LogP contribution in [-0.2, 0) is 0 Å². The number of nitrogens with zero attached hydrogens (tertiary/aromatic N) is 2. The average Bonchev–Trinajstić information content (AvgIpc) is 3.75. The summed E-state index contributed by atoms with van der Waals surface area (Å²) in [5.41, 5.74) is 11.9. The van der Waals surface area contributed by atoms with Crippen molar-refractivity contribution in [3.8, 4) is 33.7 Å². The highest BCUT2D eigenvalue weighted by atomic mass is 16.4. The molecule has 9 aromatic rings. The lowest BCUT2D eigenvalue weighted by molar-refractivity contribution is 0.622. The predicted octanol–water partition coefficient (Wildman–Crippen LogP) is 12.2. The first-order valence-corrected chi connectivity index (χ1v) is 15.7. The molecule has 0 unspecified atom stereocenters. The van der Waals surface area contributed by atoms with Crippen LogP contribution in [0.5, 0.6) is 0 Å². The van der Waals surface area contributed by atoms with Gasteiger partial charge in [0, 0.05) is 28.0 Å². The van der Waals surface area contributed by atoms with Crippen LogP contribution in [0.3, 0.4) is 0 Å². The van der Waals surface area contributed by atoms with Crippen molar-refractivity contribution < 1.29 is 8.83 Å². The number of oxazole rings is 1. The fourth-order valence-electron chi connectivity index (χ4n) is 6.41. The fraction of sp³-hybridized carbons (Fsp3) is 0. The standard InChI is InChI=1S/C43H28N2O2/c1-4-11-29(12-5-1)30-19-21-31(22-20-30)33-15-10-18-35(27-33)45(34-16-8-3-9-17-34)36-23-25-39-37(28-36)41-40(46-39)26-24-38-42(41)47-43(44-38)32-13-6-2-7-14-32/h1-28H. The van der Waals surface area contributed by atoms with Crippen LogP contribution in [0.4, 0.5) is 17.1 Å². The van der Waals surface area contributed by atoms with Crippen LogP contribution in [0.15, 0.2) is 179 Å². The van der Waals surface area contributed by atoms with Crippen molar-refractivity contribution in [1.82, 2.24) is 4.98 Å². The number of hydrogen-bond acceptors (Lipinski definition) is 4. The molecular formula is C43H28N2O2. The summed E-state index contributed by atoms with van der Waals surface area (Å²) in [5.74, 6) is 0.595. The van der Waals surface area contributed by atoms with Gasteiger partial charge in [-0.15, -0.1) is 0 Å². The molecule has 2 heterocycles. The summed E-state index contributed by atoms with van der Waals surface area (Å²) in [6.45, 7) is 0. The summed E-state index contributed by atoms with van der Waals surface area (Å²) in [4.78, 5) is 7.10. The molecule has 0 atom stereocenters. The van der Waals surface area contributed by atoms with Crippen LogP contribution in [0.1, 0.15) is 0 Å². The SMILES string of the molecule is c1ccc(-c2ccc(-c3cccc(N(c4ccccc4)c4ccc5oc6ccc7nc(-c8ccccc8)oc7c6c5c4)c3)cc2)cc1. The van der Waals surface area contributed by atoms with Crippen molar-refractivity contribution >= 4 is 50.1 Å². The fourth-order valence-corrected chi connectivity index (χ4v) is 6.41. The first-order chi connectivity index (χ1) is 23.3. The number of para-hydroxylation sites is 1. The van der Waals surface area contributed by atoms with E-state index in [4.69, 9.17) is 13.8 Å². The van der Waals surface area contributed by atoms with Crippen LogP contribution >= 0.6 is 0 Å². The third-order valence-electron chi connectivity index (χ3n) is 8.69. The minimum absolute atomic E-state index is 0.595. The lowest BCUT2D eigenvalue weighted by Crippen LogP contribution is -2.09. The van der Waals surface area contributed by atoms with Gasteiger partial charge in [0.1, 0.15) is 16.7 Å². The Balaban J connectivity index is 1.17. The van der Waals surface area contributed by atoms with Crippen LogP contribution in [-0.4, -0.2) is 4.98 Å². The number of fused-ring (bicyclic) bond motifs is 5. The van der Waals surface area contributed by atoms with Crippen molar-refractivity contribution in [3.63, 3.8) is 0 Å². The van der Waals surface area contributed by atoms with Crippen LogP contribution in [0.2, 0.25) is 0 Å². The Labute approximate surface area is 271 Å². The Morgan fingerprint density at radius 3 is 1.72 bits per heavy atom. The second-order valence-corrected chi connectivity index (χ2v) is 11.6. The van der Waals surface area contributed by atoms with Gasteiger partial charge in [-0.2, -0.15) is 0 Å². The van der Waals surface area contributed by atoms with Gasteiger partial charge in [-0.1, -0.05) is 103 Å². The maximum absolute atomic E-state index is 6.42. The molecule has 4 nitrogen and oxygen atoms in total. The van der Waals surface area contributed by atoms with Gasteiger partial charge in [0.15, 0.2) is 5.58 Å². The van der Waals surface area contributed by atoms with Gasteiger partial charge in [0.05, 0.1) is 5.39 Å². The number of anilines is 3. The monoisotopic (exact) mass is 604 g/mol. The number of benzene rings is 7. The van der Waals surface area contributed by atoms with Crippen LogP contribution in [0, 0.1) is 0 Å². The number of furan rings is 1. The number of hydrogen-bond donors (Lipinski definition) is 0. The molecule has 4 heteroatoms. The molecule has 9 rings (SSSR count). The summed E-state index contributed by atoms with van der Waals surface area (Å²) in [6, 6.07) is 58.7. The van der Waals surface area contributed by atoms with Crippen molar-refractivity contribution in [2.45, 2.75) is 0 Å². The van der Waals surface area contributed by atoms with E-state index in [0.29, 0.717) is 5.89 Å². The molecule has 0 bridgehead atoms. The quantitative estimate of drug-likeness (QED) is 0.189. The first-order valence-electron chi connectivity index (χ1n) is 15.7. The van der Waals surface area contributed by atoms with Crippen molar-refractivity contribution in [2.75, 3.05) is 4.90 Å². The molecule has 0 fully saturated rings. The van der Waals surface area contributed by atoms with Crippen molar-refractivity contribution in [2.24, 2.45) is 0 Å². The van der Waals surface area contributed by atoms with E-state index in [2.05, 4.69) is 114 Å². The minimum Gasteiger partial charge on any atom is -0.456 e. The Kier molecular flexibility index (Phi) is 6.43. The molecule has 0 aliphatic rings. The Morgan fingerprint density at radius 2 is 0.979 bits per heavy atom. The maximum atomic E-state index is 6.42. The van der Waals surface area contributed by atoms with E-state index in [0.717, 1.165) is 66.8 Å². The number of rotatable bonds is 6. The summed E-state index contributed by atoms with van der Waals surface area (Å²) in [6.07, 6.45) is 0. The third-order valence-corrected chi connectivity index (χ3v) is 8.69. The van der Waals surface area contributed by atoms with Crippen LogP contribution < -0.4 is 4.90 Å². The topological polar surface area (TPSA) is 42.4 Å². The zero-order valence-electron chi connectivity index (χ0n) is 25.4. The molecule has 0 saturated heterocycles. The van der Waals surface area contributed by atoms with Gasteiger partial charge in [-0.3, -0.25) is 0 Å². The summed E-state index contributed by atoms with van der Waals surface area (Å²) in [5, 5.41) is 1.90. The van der Waals surface area contributed by atoms with E-state index in [1.807, 2.05) is 60.7 Å². The average molecular weight is 605 g/mol. The molecule has 0 radical (unpaired) electrons. The highest BCUT2D eigenvalue weighted by Gasteiger charge is 2.19. The predicted molar refractivity (Wildman–Crippen MR) is 192 cm³/mol. The summed E-state index contributed by atoms with van der Waals surface area (Å²) in [7, 11) is 0. The molecule has 0 spiro atoms. The van der Waals surface area contributed by atoms with Crippen molar-refractivity contribution in [1.29, 1.82) is 0 Å². The normalized spacial score (nSPS) is 11.4. The highest BCUT2D eigenvalue weighted by molar-refractivity contribution is 6.17. The Morgan fingerprint density at radius 1 is 0.404 bits per heavy atom. The first kappa shape index (κ1) is 27.0. The van der Waals surface area contributed by atoms with E-state index < -0.39 is 0 Å². The second kappa shape index (κ2) is 11.2. The molecule has 7 aromatic carbocycles. The second-order valence-electron chi connectivity index (χ2n) is 11.6. The van der Waals surface area contributed by atoms with Gasteiger partial charge in [-0.05, 0) is 89.0 Å². The van der Waals surface area contributed by atoms with E-state index in [-0.39, 0.29) is 0 Å². The highest BCUT2D eigenvalue weighted by Crippen LogP contribution is 2.42. The molecule has 0 N–H and O–H groups in total. The molecule has 0 aliphatic heterocycles.